The van der Waals surface area contributed by atoms with Crippen LogP contribution in [0.1, 0.15) is 26.7 Å². The number of amides is 1. The summed E-state index contributed by atoms with van der Waals surface area (Å²) in [7, 11) is 1.79. The van der Waals surface area contributed by atoms with Gasteiger partial charge in [0.05, 0.1) is 6.61 Å². The number of rotatable bonds is 7. The lowest BCUT2D eigenvalue weighted by molar-refractivity contribution is -0.127. The predicted octanol–water partition coefficient (Wildman–Crippen LogP) is 0.735. The molecule has 1 fully saturated rings. The summed E-state index contributed by atoms with van der Waals surface area (Å²) in [4.78, 5) is 26.3. The number of likely N-dealkylation sites (tertiary alicyclic amines) is 1. The van der Waals surface area contributed by atoms with Crippen molar-refractivity contribution in [3.8, 4) is 6.01 Å². The van der Waals surface area contributed by atoms with E-state index in [4.69, 9.17) is 4.74 Å². The predicted molar refractivity (Wildman–Crippen MR) is 79.4 cm³/mol. The molecule has 1 aromatic heterocycles. The van der Waals surface area contributed by atoms with Gasteiger partial charge in [-0.25, -0.2) is 0 Å². The lowest BCUT2D eigenvalue weighted by Gasteiger charge is -2.13. The normalized spacial score (nSPS) is 18.0. The zero-order valence-corrected chi connectivity index (χ0v) is 12.7. The molecule has 1 atom stereocenters. The minimum atomic E-state index is -0.286. The van der Waals surface area contributed by atoms with Gasteiger partial charge in [0.1, 0.15) is 6.04 Å². The summed E-state index contributed by atoms with van der Waals surface area (Å²) in [6.45, 7) is 5.94. The number of carbonyl (C=O) groups is 1. The second-order valence-electron chi connectivity index (χ2n) is 4.89. The molecule has 0 radical (unpaired) electrons. The number of nitrogens with zero attached hydrogens (tertiary/aromatic N) is 4. The molecule has 0 saturated carbocycles. The van der Waals surface area contributed by atoms with Crippen molar-refractivity contribution in [1.29, 1.82) is 0 Å². The van der Waals surface area contributed by atoms with Gasteiger partial charge in [0.15, 0.2) is 0 Å². The standard InChI is InChI=1S/C13H22N6O2/c1-4-8-21-13-17-11(14-5-2)16-12(18-13)15-9-6-7-19(3)10(9)20/h9H,4-8H2,1-3H3,(H2,14,15,16,17,18). The van der Waals surface area contributed by atoms with Crippen LogP contribution in [0.15, 0.2) is 0 Å². The quantitative estimate of drug-likeness (QED) is 0.766. The number of ether oxygens (including phenoxy) is 1. The van der Waals surface area contributed by atoms with Crippen LogP contribution in [0.3, 0.4) is 0 Å². The summed E-state index contributed by atoms with van der Waals surface area (Å²) < 4.78 is 5.46. The van der Waals surface area contributed by atoms with Gasteiger partial charge in [-0.15, -0.1) is 0 Å². The van der Waals surface area contributed by atoms with Crippen molar-refractivity contribution in [1.82, 2.24) is 19.9 Å². The molecule has 1 aliphatic rings. The number of hydrogen-bond donors (Lipinski definition) is 2. The van der Waals surface area contributed by atoms with Crippen molar-refractivity contribution in [3.05, 3.63) is 0 Å². The van der Waals surface area contributed by atoms with Gasteiger partial charge >= 0.3 is 6.01 Å². The molecule has 116 valence electrons. The first-order chi connectivity index (χ1) is 10.1. The van der Waals surface area contributed by atoms with Crippen LogP contribution in [0, 0.1) is 0 Å². The van der Waals surface area contributed by atoms with Crippen LogP contribution in [0.25, 0.3) is 0 Å². The Morgan fingerprint density at radius 1 is 1.29 bits per heavy atom. The van der Waals surface area contributed by atoms with Crippen LogP contribution in [0.2, 0.25) is 0 Å². The molecule has 8 heteroatoms. The smallest absolute Gasteiger partial charge is 0.323 e. The zero-order valence-electron chi connectivity index (χ0n) is 12.7. The average Bonchev–Trinajstić information content (AvgIpc) is 2.77. The maximum atomic E-state index is 11.9. The summed E-state index contributed by atoms with van der Waals surface area (Å²) in [6.07, 6.45) is 1.61. The lowest BCUT2D eigenvalue weighted by Crippen LogP contribution is -2.31. The number of anilines is 2. The van der Waals surface area contributed by atoms with Gasteiger partial charge < -0.3 is 20.3 Å². The van der Waals surface area contributed by atoms with Gasteiger partial charge in [0.25, 0.3) is 0 Å². The molecule has 1 unspecified atom stereocenters. The van der Waals surface area contributed by atoms with Crippen LogP contribution in [-0.4, -0.2) is 58.5 Å². The van der Waals surface area contributed by atoms with E-state index in [0.717, 1.165) is 19.4 Å². The van der Waals surface area contributed by atoms with Crippen molar-refractivity contribution in [2.45, 2.75) is 32.7 Å². The molecule has 1 amide bonds. The molecule has 1 aromatic rings. The Hall–Kier alpha value is -2.12. The average molecular weight is 294 g/mol. The Kier molecular flexibility index (Phi) is 5.13. The topological polar surface area (TPSA) is 92.3 Å². The zero-order chi connectivity index (χ0) is 15.2. The highest BCUT2D eigenvalue weighted by atomic mass is 16.5. The molecule has 2 rings (SSSR count). The van der Waals surface area contributed by atoms with Crippen LogP contribution >= 0.6 is 0 Å². The van der Waals surface area contributed by atoms with Gasteiger partial charge in [-0.2, -0.15) is 15.0 Å². The Morgan fingerprint density at radius 3 is 2.67 bits per heavy atom. The van der Waals surface area contributed by atoms with Crippen molar-refractivity contribution >= 4 is 17.8 Å². The molecule has 2 heterocycles. The summed E-state index contributed by atoms with van der Waals surface area (Å²) in [5.74, 6) is 0.858. The van der Waals surface area contributed by atoms with Crippen molar-refractivity contribution < 1.29 is 9.53 Å². The van der Waals surface area contributed by atoms with Gasteiger partial charge in [-0.3, -0.25) is 4.79 Å². The highest BCUT2D eigenvalue weighted by Gasteiger charge is 2.29. The molecule has 1 aliphatic heterocycles. The summed E-state index contributed by atoms with van der Waals surface area (Å²) in [5.41, 5.74) is 0. The highest BCUT2D eigenvalue weighted by Crippen LogP contribution is 2.16. The minimum Gasteiger partial charge on any atom is -0.463 e. The van der Waals surface area contributed by atoms with E-state index in [1.54, 1.807) is 11.9 Å². The van der Waals surface area contributed by atoms with Crippen LogP contribution in [0.4, 0.5) is 11.9 Å². The van der Waals surface area contributed by atoms with E-state index in [0.29, 0.717) is 25.0 Å². The molecule has 0 bridgehead atoms. The Morgan fingerprint density at radius 2 is 2.05 bits per heavy atom. The Bertz CT molecular complexity index is 496. The fourth-order valence-electron chi connectivity index (χ4n) is 2.03. The summed E-state index contributed by atoms with van der Waals surface area (Å²) in [5, 5.41) is 6.10. The molecule has 0 aromatic carbocycles. The molecule has 21 heavy (non-hydrogen) atoms. The SMILES string of the molecule is CCCOc1nc(NCC)nc(NC2CCN(C)C2=O)n1. The van der Waals surface area contributed by atoms with Gasteiger partial charge in [0, 0.05) is 20.1 Å². The maximum Gasteiger partial charge on any atom is 0.323 e. The fourth-order valence-corrected chi connectivity index (χ4v) is 2.03. The third-order valence-electron chi connectivity index (χ3n) is 3.12. The van der Waals surface area contributed by atoms with E-state index < -0.39 is 0 Å². The number of carbonyl (C=O) groups excluding carboxylic acids is 1. The van der Waals surface area contributed by atoms with Gasteiger partial charge in [0.2, 0.25) is 17.8 Å². The first kappa shape index (κ1) is 15.3. The monoisotopic (exact) mass is 294 g/mol. The third-order valence-corrected chi connectivity index (χ3v) is 3.12. The van der Waals surface area contributed by atoms with E-state index in [1.165, 1.54) is 0 Å². The van der Waals surface area contributed by atoms with E-state index in [9.17, 15) is 4.79 Å². The number of hydrogen-bond acceptors (Lipinski definition) is 7. The lowest BCUT2D eigenvalue weighted by atomic mass is 10.2. The fraction of sp³-hybridized carbons (Fsp3) is 0.692. The molecule has 0 aliphatic carbocycles. The molecule has 8 nitrogen and oxygen atoms in total. The molecule has 0 spiro atoms. The molecule has 2 N–H and O–H groups in total. The van der Waals surface area contributed by atoms with E-state index >= 15 is 0 Å². The second kappa shape index (κ2) is 7.05. The van der Waals surface area contributed by atoms with Gasteiger partial charge in [-0.1, -0.05) is 6.92 Å². The number of likely N-dealkylation sites (N-methyl/N-ethyl adjacent to an activating group) is 1. The van der Waals surface area contributed by atoms with E-state index in [2.05, 4.69) is 25.6 Å². The molecule has 1 saturated heterocycles. The summed E-state index contributed by atoms with van der Waals surface area (Å²) in [6, 6.07) is -0.0185. The highest BCUT2D eigenvalue weighted by molar-refractivity contribution is 5.86. The first-order valence-electron chi connectivity index (χ1n) is 7.28. The van der Waals surface area contributed by atoms with Crippen LogP contribution < -0.4 is 15.4 Å². The Balaban J connectivity index is 2.13. The van der Waals surface area contributed by atoms with Gasteiger partial charge in [-0.05, 0) is 19.8 Å². The molecular weight excluding hydrogens is 272 g/mol. The van der Waals surface area contributed by atoms with Crippen molar-refractivity contribution in [2.75, 3.05) is 37.4 Å². The van der Waals surface area contributed by atoms with E-state index in [-0.39, 0.29) is 18.0 Å². The Labute approximate surface area is 124 Å². The van der Waals surface area contributed by atoms with Crippen LogP contribution in [0.5, 0.6) is 6.01 Å². The molecular formula is C13H22N6O2. The third kappa shape index (κ3) is 3.93. The largest absolute Gasteiger partial charge is 0.463 e. The first-order valence-corrected chi connectivity index (χ1v) is 7.28. The van der Waals surface area contributed by atoms with Crippen molar-refractivity contribution in [3.63, 3.8) is 0 Å². The van der Waals surface area contributed by atoms with E-state index in [1.807, 2.05) is 13.8 Å². The number of aromatic nitrogens is 3. The summed E-state index contributed by atoms with van der Waals surface area (Å²) >= 11 is 0. The minimum absolute atomic E-state index is 0.0523. The van der Waals surface area contributed by atoms with Crippen molar-refractivity contribution in [2.24, 2.45) is 0 Å². The second-order valence-corrected chi connectivity index (χ2v) is 4.89. The van der Waals surface area contributed by atoms with Crippen LogP contribution in [-0.2, 0) is 4.79 Å². The maximum absolute atomic E-state index is 11.9. The number of nitrogens with one attached hydrogen (secondary N) is 2.